The highest BCUT2D eigenvalue weighted by atomic mass is 16.5. The van der Waals surface area contributed by atoms with Crippen molar-refractivity contribution in [1.29, 1.82) is 5.26 Å². The zero-order valence-corrected chi connectivity index (χ0v) is 11.1. The smallest absolute Gasteiger partial charge is 0.127 e. The summed E-state index contributed by atoms with van der Waals surface area (Å²) in [4.78, 5) is 0. The molecular formula is C15H20N2O. The maximum atomic E-state index is 9.54. The minimum atomic E-state index is -0.410. The number of rotatable bonds is 3. The summed E-state index contributed by atoms with van der Waals surface area (Å²) in [6, 6.07) is 10.3. The van der Waals surface area contributed by atoms with Gasteiger partial charge in [-0.2, -0.15) is 5.26 Å². The summed E-state index contributed by atoms with van der Waals surface area (Å²) < 4.78 is 5.14. The van der Waals surface area contributed by atoms with Crippen LogP contribution < -0.4 is 10.1 Å². The van der Waals surface area contributed by atoms with E-state index in [2.05, 4.69) is 18.3 Å². The van der Waals surface area contributed by atoms with Crippen molar-refractivity contribution in [3.05, 3.63) is 24.3 Å². The van der Waals surface area contributed by atoms with Crippen molar-refractivity contribution in [1.82, 2.24) is 0 Å². The highest BCUT2D eigenvalue weighted by molar-refractivity contribution is 5.50. The Labute approximate surface area is 109 Å². The molecule has 2 atom stereocenters. The minimum Gasteiger partial charge on any atom is -0.497 e. The van der Waals surface area contributed by atoms with E-state index in [4.69, 9.17) is 4.74 Å². The average molecular weight is 244 g/mol. The summed E-state index contributed by atoms with van der Waals surface area (Å²) >= 11 is 0. The van der Waals surface area contributed by atoms with Crippen molar-refractivity contribution in [2.45, 2.75) is 38.1 Å². The Balaban J connectivity index is 2.16. The van der Waals surface area contributed by atoms with E-state index in [0.29, 0.717) is 5.92 Å². The molecule has 1 aliphatic carbocycles. The highest BCUT2D eigenvalue weighted by Crippen LogP contribution is 2.36. The Morgan fingerprint density at radius 3 is 2.61 bits per heavy atom. The van der Waals surface area contributed by atoms with E-state index < -0.39 is 5.54 Å². The number of benzene rings is 1. The van der Waals surface area contributed by atoms with Crippen LogP contribution in [0, 0.1) is 17.2 Å². The standard InChI is InChI=1S/C15H20N2O/c1-12-5-3-4-10-15(12,11-16)17-13-6-8-14(18-2)9-7-13/h6-9,12,17H,3-5,10H2,1-2H3. The molecule has 18 heavy (non-hydrogen) atoms. The monoisotopic (exact) mass is 244 g/mol. The number of nitriles is 1. The molecule has 2 unspecified atom stereocenters. The van der Waals surface area contributed by atoms with Crippen molar-refractivity contribution in [2.24, 2.45) is 5.92 Å². The van der Waals surface area contributed by atoms with Crippen LogP contribution in [-0.4, -0.2) is 12.6 Å². The number of hydrogen-bond donors (Lipinski definition) is 1. The molecule has 96 valence electrons. The van der Waals surface area contributed by atoms with Crippen molar-refractivity contribution in [2.75, 3.05) is 12.4 Å². The Morgan fingerprint density at radius 1 is 1.33 bits per heavy atom. The van der Waals surface area contributed by atoms with Gasteiger partial charge in [-0.1, -0.05) is 19.8 Å². The van der Waals surface area contributed by atoms with E-state index in [0.717, 1.165) is 30.7 Å². The molecule has 2 rings (SSSR count). The Kier molecular flexibility index (Phi) is 3.76. The van der Waals surface area contributed by atoms with Gasteiger partial charge in [0.15, 0.2) is 0 Å². The summed E-state index contributed by atoms with van der Waals surface area (Å²) in [5.74, 6) is 1.22. The third-order valence-electron chi connectivity index (χ3n) is 3.96. The second-order valence-corrected chi connectivity index (χ2v) is 5.08. The van der Waals surface area contributed by atoms with Crippen molar-refractivity contribution < 1.29 is 4.74 Å². The molecule has 0 saturated heterocycles. The van der Waals surface area contributed by atoms with Gasteiger partial charge in [0.25, 0.3) is 0 Å². The molecule has 1 N–H and O–H groups in total. The van der Waals surface area contributed by atoms with Crippen molar-refractivity contribution >= 4 is 5.69 Å². The van der Waals surface area contributed by atoms with Crippen LogP contribution in [-0.2, 0) is 0 Å². The van der Waals surface area contributed by atoms with Crippen LogP contribution in [0.1, 0.15) is 32.6 Å². The molecule has 1 aliphatic rings. The van der Waals surface area contributed by atoms with Gasteiger partial charge in [0, 0.05) is 5.69 Å². The van der Waals surface area contributed by atoms with E-state index in [9.17, 15) is 5.26 Å². The van der Waals surface area contributed by atoms with Crippen LogP contribution in [0.4, 0.5) is 5.69 Å². The van der Waals surface area contributed by atoms with Gasteiger partial charge in [0.1, 0.15) is 11.3 Å². The van der Waals surface area contributed by atoms with Gasteiger partial charge in [-0.15, -0.1) is 0 Å². The normalized spacial score (nSPS) is 27.3. The molecule has 1 fully saturated rings. The van der Waals surface area contributed by atoms with Crippen LogP contribution in [0.2, 0.25) is 0 Å². The first kappa shape index (κ1) is 12.8. The van der Waals surface area contributed by atoms with Gasteiger partial charge in [-0.25, -0.2) is 0 Å². The Bertz CT molecular complexity index is 435. The van der Waals surface area contributed by atoms with Gasteiger partial charge in [0.05, 0.1) is 13.2 Å². The second-order valence-electron chi connectivity index (χ2n) is 5.08. The fourth-order valence-electron chi connectivity index (χ4n) is 2.66. The largest absolute Gasteiger partial charge is 0.497 e. The van der Waals surface area contributed by atoms with E-state index in [1.807, 2.05) is 24.3 Å². The fourth-order valence-corrected chi connectivity index (χ4v) is 2.66. The third kappa shape index (κ3) is 2.43. The van der Waals surface area contributed by atoms with Crippen LogP contribution >= 0.6 is 0 Å². The predicted octanol–water partition coefficient (Wildman–Crippen LogP) is 3.58. The van der Waals surface area contributed by atoms with Gasteiger partial charge in [0.2, 0.25) is 0 Å². The summed E-state index contributed by atoms with van der Waals surface area (Å²) in [7, 11) is 1.66. The Hall–Kier alpha value is -1.69. The molecule has 0 aliphatic heterocycles. The third-order valence-corrected chi connectivity index (χ3v) is 3.96. The zero-order chi connectivity index (χ0) is 13.0. The number of nitrogens with one attached hydrogen (secondary N) is 1. The lowest BCUT2D eigenvalue weighted by Crippen LogP contribution is -2.45. The molecule has 0 heterocycles. The first-order valence-electron chi connectivity index (χ1n) is 6.54. The van der Waals surface area contributed by atoms with Crippen molar-refractivity contribution in [3.63, 3.8) is 0 Å². The molecule has 0 spiro atoms. The fraction of sp³-hybridized carbons (Fsp3) is 0.533. The molecule has 0 radical (unpaired) electrons. The van der Waals surface area contributed by atoms with Crippen LogP contribution in [0.15, 0.2) is 24.3 Å². The lowest BCUT2D eigenvalue weighted by Gasteiger charge is -2.38. The summed E-state index contributed by atoms with van der Waals surface area (Å²) in [5.41, 5.74) is 0.582. The number of ether oxygens (including phenoxy) is 1. The first-order valence-corrected chi connectivity index (χ1v) is 6.54. The lowest BCUT2D eigenvalue weighted by atomic mass is 9.74. The molecule has 1 aromatic carbocycles. The molecule has 3 heteroatoms. The molecule has 0 amide bonds. The molecule has 1 saturated carbocycles. The van der Waals surface area contributed by atoms with Crippen molar-refractivity contribution in [3.8, 4) is 11.8 Å². The van der Waals surface area contributed by atoms with Gasteiger partial charge in [-0.3, -0.25) is 0 Å². The minimum absolute atomic E-state index is 0.387. The van der Waals surface area contributed by atoms with Crippen LogP contribution in [0.5, 0.6) is 5.75 Å². The maximum Gasteiger partial charge on any atom is 0.127 e. The highest BCUT2D eigenvalue weighted by Gasteiger charge is 2.38. The second kappa shape index (κ2) is 5.30. The maximum absolute atomic E-state index is 9.54. The van der Waals surface area contributed by atoms with Gasteiger partial charge >= 0.3 is 0 Å². The summed E-state index contributed by atoms with van der Waals surface area (Å²) in [6.45, 7) is 2.17. The molecule has 0 aromatic heterocycles. The van der Waals surface area contributed by atoms with E-state index in [1.165, 1.54) is 6.42 Å². The quantitative estimate of drug-likeness (QED) is 0.884. The topological polar surface area (TPSA) is 45.0 Å². The Morgan fingerprint density at radius 2 is 2.06 bits per heavy atom. The first-order chi connectivity index (χ1) is 8.70. The molecule has 0 bridgehead atoms. The average Bonchev–Trinajstić information content (AvgIpc) is 2.42. The molecule has 1 aromatic rings. The lowest BCUT2D eigenvalue weighted by molar-refractivity contribution is 0.286. The molecule has 3 nitrogen and oxygen atoms in total. The van der Waals surface area contributed by atoms with E-state index in [1.54, 1.807) is 7.11 Å². The summed E-state index contributed by atoms with van der Waals surface area (Å²) in [5, 5.41) is 13.0. The van der Waals surface area contributed by atoms with E-state index >= 15 is 0 Å². The van der Waals surface area contributed by atoms with Gasteiger partial charge < -0.3 is 10.1 Å². The van der Waals surface area contributed by atoms with Crippen LogP contribution in [0.3, 0.4) is 0 Å². The zero-order valence-electron chi connectivity index (χ0n) is 11.1. The van der Waals surface area contributed by atoms with E-state index in [-0.39, 0.29) is 0 Å². The SMILES string of the molecule is COc1ccc(NC2(C#N)CCCCC2C)cc1. The molecular weight excluding hydrogens is 224 g/mol. The number of nitrogens with zero attached hydrogens (tertiary/aromatic N) is 1. The van der Waals surface area contributed by atoms with Crippen LogP contribution in [0.25, 0.3) is 0 Å². The van der Waals surface area contributed by atoms with Gasteiger partial charge in [-0.05, 0) is 43.0 Å². The predicted molar refractivity (Wildman–Crippen MR) is 72.6 cm³/mol. The summed E-state index contributed by atoms with van der Waals surface area (Å²) in [6.07, 6.45) is 4.41. The number of hydrogen-bond acceptors (Lipinski definition) is 3. The number of anilines is 1. The number of methoxy groups -OCH3 is 1.